The van der Waals surface area contributed by atoms with E-state index in [9.17, 15) is 9.59 Å². The third-order valence-corrected chi connectivity index (χ3v) is 3.35. The normalized spacial score (nSPS) is 14.6. The number of aliphatic carboxylic acids is 1. The lowest BCUT2D eigenvalue weighted by atomic mass is 10.3. The summed E-state index contributed by atoms with van der Waals surface area (Å²) in [6.07, 6.45) is 1.95. The van der Waals surface area contributed by atoms with Crippen LogP contribution in [0.1, 0.15) is 24.4 Å². The van der Waals surface area contributed by atoms with Gasteiger partial charge in [-0.1, -0.05) is 0 Å². The van der Waals surface area contributed by atoms with Crippen molar-refractivity contribution in [3.63, 3.8) is 0 Å². The van der Waals surface area contributed by atoms with Crippen LogP contribution in [0.2, 0.25) is 0 Å². The maximum absolute atomic E-state index is 12.1. The van der Waals surface area contributed by atoms with E-state index < -0.39 is 5.97 Å². The zero-order valence-corrected chi connectivity index (χ0v) is 11.8. The first-order valence-electron chi connectivity index (χ1n) is 6.71. The molecule has 1 heterocycles. The summed E-state index contributed by atoms with van der Waals surface area (Å²) in [6, 6.07) is 3.94. The number of carboxylic acid groups (broad SMARTS) is 1. The highest BCUT2D eigenvalue weighted by Gasteiger charge is 2.32. The lowest BCUT2D eigenvalue weighted by Gasteiger charge is -2.23. The van der Waals surface area contributed by atoms with E-state index in [0.717, 1.165) is 24.4 Å². The number of carbonyl (C=O) groups excluding carboxylic acids is 1. The van der Waals surface area contributed by atoms with Gasteiger partial charge in [0.1, 0.15) is 11.5 Å². The molecule has 0 atom stereocenters. The summed E-state index contributed by atoms with van der Waals surface area (Å²) in [4.78, 5) is 26.2. The van der Waals surface area contributed by atoms with Gasteiger partial charge in [0.05, 0.1) is 19.6 Å². The van der Waals surface area contributed by atoms with Crippen LogP contribution in [0.5, 0.6) is 0 Å². The maximum atomic E-state index is 12.1. The summed E-state index contributed by atoms with van der Waals surface area (Å²) >= 11 is 0. The molecule has 0 spiro atoms. The van der Waals surface area contributed by atoms with Crippen molar-refractivity contribution in [3.8, 4) is 0 Å². The van der Waals surface area contributed by atoms with E-state index in [-0.39, 0.29) is 25.0 Å². The standard InChI is InChI=1S/C14H20N2O4/c1-10-3-6-12(20-10)7-15(2)13(17)8-16(9-14(18)19)11-4-5-11/h3,6,11H,4-5,7-9H2,1-2H3,(H,18,19). The number of nitrogens with zero attached hydrogens (tertiary/aromatic N) is 2. The summed E-state index contributed by atoms with van der Waals surface area (Å²) in [5, 5.41) is 8.87. The van der Waals surface area contributed by atoms with Gasteiger partial charge >= 0.3 is 5.97 Å². The number of amides is 1. The molecule has 1 saturated carbocycles. The number of rotatable bonds is 7. The molecule has 0 aliphatic heterocycles. The molecule has 0 unspecified atom stereocenters. The molecule has 1 aliphatic rings. The van der Waals surface area contributed by atoms with E-state index in [0.29, 0.717) is 6.54 Å². The fourth-order valence-electron chi connectivity index (χ4n) is 2.11. The molecule has 1 aliphatic carbocycles. The first-order valence-corrected chi connectivity index (χ1v) is 6.71. The average Bonchev–Trinajstić information content (AvgIpc) is 3.12. The number of hydrogen-bond acceptors (Lipinski definition) is 4. The molecule has 0 saturated heterocycles. The molecule has 6 heteroatoms. The summed E-state index contributed by atoms with van der Waals surface area (Å²) in [7, 11) is 1.70. The summed E-state index contributed by atoms with van der Waals surface area (Å²) in [6.45, 7) is 2.32. The summed E-state index contributed by atoms with van der Waals surface area (Å²) in [5.74, 6) is 0.558. The summed E-state index contributed by atoms with van der Waals surface area (Å²) in [5.41, 5.74) is 0. The van der Waals surface area contributed by atoms with Gasteiger partial charge in [-0.2, -0.15) is 0 Å². The number of carboxylic acids is 1. The van der Waals surface area contributed by atoms with Crippen LogP contribution in [-0.4, -0.2) is 53.0 Å². The largest absolute Gasteiger partial charge is 0.480 e. The van der Waals surface area contributed by atoms with Gasteiger partial charge in [0.25, 0.3) is 0 Å². The number of likely N-dealkylation sites (N-methyl/N-ethyl adjacent to an activating group) is 1. The Morgan fingerprint density at radius 3 is 2.55 bits per heavy atom. The quantitative estimate of drug-likeness (QED) is 0.809. The highest BCUT2D eigenvalue weighted by Crippen LogP contribution is 2.26. The Bertz CT molecular complexity index is 493. The number of furan rings is 1. The molecule has 1 amide bonds. The van der Waals surface area contributed by atoms with E-state index in [2.05, 4.69) is 0 Å². The molecule has 0 aromatic carbocycles. The van der Waals surface area contributed by atoms with Gasteiger partial charge < -0.3 is 14.4 Å². The predicted molar refractivity (Wildman–Crippen MR) is 72.1 cm³/mol. The fraction of sp³-hybridized carbons (Fsp3) is 0.571. The SMILES string of the molecule is Cc1ccc(CN(C)C(=O)CN(CC(=O)O)C2CC2)o1. The van der Waals surface area contributed by atoms with Crippen LogP contribution >= 0.6 is 0 Å². The molecule has 2 rings (SSSR count). The second-order valence-electron chi connectivity index (χ2n) is 5.29. The first-order chi connectivity index (χ1) is 9.45. The molecule has 1 fully saturated rings. The molecule has 0 radical (unpaired) electrons. The molecular weight excluding hydrogens is 260 g/mol. The Labute approximate surface area is 118 Å². The molecule has 1 aromatic rings. The lowest BCUT2D eigenvalue weighted by Crippen LogP contribution is -2.41. The van der Waals surface area contributed by atoms with Gasteiger partial charge in [0.2, 0.25) is 5.91 Å². The van der Waals surface area contributed by atoms with Crippen molar-refractivity contribution in [1.82, 2.24) is 9.80 Å². The van der Waals surface area contributed by atoms with Crippen molar-refractivity contribution in [3.05, 3.63) is 23.7 Å². The third kappa shape index (κ3) is 4.09. The Balaban J connectivity index is 1.87. The Kier molecular flexibility index (Phi) is 4.44. The van der Waals surface area contributed by atoms with Crippen LogP contribution in [0.4, 0.5) is 0 Å². The van der Waals surface area contributed by atoms with Crippen LogP contribution in [0.3, 0.4) is 0 Å². The second-order valence-corrected chi connectivity index (χ2v) is 5.29. The minimum absolute atomic E-state index is 0.0793. The van der Waals surface area contributed by atoms with Gasteiger partial charge in [-0.15, -0.1) is 0 Å². The number of aryl methyl sites for hydroxylation is 1. The van der Waals surface area contributed by atoms with Gasteiger partial charge in [-0.3, -0.25) is 14.5 Å². The van der Waals surface area contributed by atoms with Gasteiger partial charge in [-0.25, -0.2) is 0 Å². The van der Waals surface area contributed by atoms with Gasteiger partial charge in [0.15, 0.2) is 0 Å². The molecule has 110 valence electrons. The first kappa shape index (κ1) is 14.6. The van der Waals surface area contributed by atoms with Gasteiger partial charge in [0, 0.05) is 13.1 Å². The Morgan fingerprint density at radius 2 is 2.05 bits per heavy atom. The van der Waals surface area contributed by atoms with E-state index >= 15 is 0 Å². The minimum Gasteiger partial charge on any atom is -0.480 e. The molecular formula is C14H20N2O4. The van der Waals surface area contributed by atoms with Crippen molar-refractivity contribution < 1.29 is 19.1 Å². The van der Waals surface area contributed by atoms with E-state index in [1.165, 1.54) is 0 Å². The van der Waals surface area contributed by atoms with Crippen molar-refractivity contribution in [2.24, 2.45) is 0 Å². The van der Waals surface area contributed by atoms with Crippen LogP contribution in [-0.2, 0) is 16.1 Å². The minimum atomic E-state index is -0.894. The van der Waals surface area contributed by atoms with Gasteiger partial charge in [-0.05, 0) is 31.9 Å². The maximum Gasteiger partial charge on any atom is 0.317 e. The van der Waals surface area contributed by atoms with Crippen LogP contribution < -0.4 is 0 Å². The Morgan fingerprint density at radius 1 is 1.35 bits per heavy atom. The zero-order chi connectivity index (χ0) is 14.7. The van der Waals surface area contributed by atoms with Crippen molar-refractivity contribution >= 4 is 11.9 Å². The molecule has 0 bridgehead atoms. The summed E-state index contributed by atoms with van der Waals surface area (Å²) < 4.78 is 5.43. The topological polar surface area (TPSA) is 74.0 Å². The Hall–Kier alpha value is -1.82. The smallest absolute Gasteiger partial charge is 0.317 e. The second kappa shape index (κ2) is 6.09. The fourth-order valence-corrected chi connectivity index (χ4v) is 2.11. The van der Waals surface area contributed by atoms with Crippen LogP contribution in [0, 0.1) is 6.92 Å². The molecule has 1 N–H and O–H groups in total. The number of carbonyl (C=O) groups is 2. The average molecular weight is 280 g/mol. The van der Waals surface area contributed by atoms with E-state index in [1.54, 1.807) is 16.8 Å². The van der Waals surface area contributed by atoms with Crippen molar-refractivity contribution in [2.45, 2.75) is 32.4 Å². The van der Waals surface area contributed by atoms with E-state index in [1.807, 2.05) is 19.1 Å². The van der Waals surface area contributed by atoms with Crippen LogP contribution in [0.15, 0.2) is 16.5 Å². The van der Waals surface area contributed by atoms with Crippen molar-refractivity contribution in [1.29, 1.82) is 0 Å². The molecule has 6 nitrogen and oxygen atoms in total. The molecule has 1 aromatic heterocycles. The van der Waals surface area contributed by atoms with E-state index in [4.69, 9.17) is 9.52 Å². The lowest BCUT2D eigenvalue weighted by molar-refractivity contribution is -0.140. The third-order valence-electron chi connectivity index (χ3n) is 3.35. The highest BCUT2D eigenvalue weighted by atomic mass is 16.4. The molecule has 20 heavy (non-hydrogen) atoms. The van der Waals surface area contributed by atoms with Crippen molar-refractivity contribution in [2.75, 3.05) is 20.1 Å². The van der Waals surface area contributed by atoms with Crippen LogP contribution in [0.25, 0.3) is 0 Å². The highest BCUT2D eigenvalue weighted by molar-refractivity contribution is 5.79. The number of hydrogen-bond donors (Lipinski definition) is 1. The zero-order valence-electron chi connectivity index (χ0n) is 11.8. The monoisotopic (exact) mass is 280 g/mol. The predicted octanol–water partition coefficient (Wildman–Crippen LogP) is 1.10.